The lowest BCUT2D eigenvalue weighted by Crippen LogP contribution is -2.60. The Balaban J connectivity index is 0.873. The van der Waals surface area contributed by atoms with E-state index in [9.17, 15) is 9.59 Å². The van der Waals surface area contributed by atoms with Crippen LogP contribution in [0, 0.1) is 5.92 Å². The number of rotatable bonds is 11. The first kappa shape index (κ1) is 36.0. The van der Waals surface area contributed by atoms with E-state index in [4.69, 9.17) is 17.3 Å². The zero-order valence-corrected chi connectivity index (χ0v) is 30.5. The number of H-pyrrole nitrogens is 1. The van der Waals surface area contributed by atoms with E-state index in [0.29, 0.717) is 37.5 Å². The van der Waals surface area contributed by atoms with Gasteiger partial charge in [0.05, 0.1) is 23.5 Å². The monoisotopic (exact) mass is 719 g/mol. The quantitative estimate of drug-likeness (QED) is 0.232. The Morgan fingerprint density at radius 1 is 0.902 bits per heavy atom. The van der Waals surface area contributed by atoms with Crippen molar-refractivity contribution in [2.24, 2.45) is 11.7 Å². The number of hydrogen-bond donors (Lipinski definition) is 4. The van der Waals surface area contributed by atoms with Crippen molar-refractivity contribution in [1.82, 2.24) is 45.2 Å². The number of carbonyl (C=O) groups is 2. The van der Waals surface area contributed by atoms with Crippen LogP contribution in [0.3, 0.4) is 0 Å². The van der Waals surface area contributed by atoms with Crippen molar-refractivity contribution in [2.45, 2.75) is 43.7 Å². The molecule has 14 heteroatoms. The molecular formula is C37H54ClN11O2. The van der Waals surface area contributed by atoms with E-state index in [0.717, 1.165) is 107 Å². The molecule has 276 valence electrons. The summed E-state index contributed by atoms with van der Waals surface area (Å²) in [5.41, 5.74) is 7.66. The van der Waals surface area contributed by atoms with Gasteiger partial charge in [-0.05, 0) is 74.9 Å². The van der Waals surface area contributed by atoms with Crippen molar-refractivity contribution in [3.8, 4) is 0 Å². The molecule has 3 aromatic rings. The SMILES string of the molecule is NC1(C(=O)N[C@@H](CCN2CCN(C(=O)CN3CCC(CN4CCNCC4)CC3)CC2)c2ccc(Cl)cc2)CCN(c2ncnc3[nH]ccc23)CC1. The Morgan fingerprint density at radius 2 is 1.63 bits per heavy atom. The molecule has 0 radical (unpaired) electrons. The van der Waals surface area contributed by atoms with Gasteiger partial charge in [0.2, 0.25) is 11.8 Å². The Morgan fingerprint density at radius 3 is 2.35 bits per heavy atom. The third-order valence-electron chi connectivity index (χ3n) is 11.6. The molecule has 13 nitrogen and oxygen atoms in total. The number of piperazine rings is 2. The number of amides is 2. The van der Waals surface area contributed by atoms with Gasteiger partial charge < -0.3 is 36.1 Å². The van der Waals surface area contributed by atoms with Crippen LogP contribution >= 0.6 is 11.6 Å². The number of hydrogen-bond acceptors (Lipinski definition) is 10. The van der Waals surface area contributed by atoms with Crippen molar-refractivity contribution >= 4 is 40.3 Å². The van der Waals surface area contributed by atoms with Crippen LogP contribution in [0.5, 0.6) is 0 Å². The number of aromatic nitrogens is 3. The number of likely N-dealkylation sites (tertiary alicyclic amines) is 1. The molecule has 51 heavy (non-hydrogen) atoms. The zero-order chi connectivity index (χ0) is 35.2. The van der Waals surface area contributed by atoms with E-state index in [2.05, 4.69) is 45.2 Å². The fraction of sp³-hybridized carbons (Fsp3) is 0.622. The average molecular weight is 720 g/mol. The van der Waals surface area contributed by atoms with Crippen LogP contribution in [0.15, 0.2) is 42.9 Å². The first-order chi connectivity index (χ1) is 24.8. The predicted molar refractivity (Wildman–Crippen MR) is 201 cm³/mol. The highest BCUT2D eigenvalue weighted by Crippen LogP contribution is 2.29. The van der Waals surface area contributed by atoms with E-state index in [1.165, 1.54) is 19.4 Å². The molecule has 5 N–H and O–H groups in total. The van der Waals surface area contributed by atoms with E-state index in [-0.39, 0.29) is 17.9 Å². The van der Waals surface area contributed by atoms with Gasteiger partial charge in [0.15, 0.2) is 0 Å². The molecule has 4 saturated heterocycles. The molecule has 4 fully saturated rings. The van der Waals surface area contributed by atoms with E-state index in [1.54, 1.807) is 6.33 Å². The van der Waals surface area contributed by atoms with Gasteiger partial charge in [-0.15, -0.1) is 0 Å². The molecule has 0 aliphatic carbocycles. The molecular weight excluding hydrogens is 666 g/mol. The lowest BCUT2D eigenvalue weighted by molar-refractivity contribution is -0.134. The number of fused-ring (bicyclic) bond motifs is 1. The van der Waals surface area contributed by atoms with Crippen molar-refractivity contribution in [1.29, 1.82) is 0 Å². The van der Waals surface area contributed by atoms with Crippen molar-refractivity contribution in [3.63, 3.8) is 0 Å². The molecule has 0 unspecified atom stereocenters. The van der Waals surface area contributed by atoms with Crippen LogP contribution in [-0.4, -0.2) is 150 Å². The molecule has 6 heterocycles. The summed E-state index contributed by atoms with van der Waals surface area (Å²) in [5, 5.41) is 8.39. The molecule has 0 spiro atoms. The molecule has 7 rings (SSSR count). The highest BCUT2D eigenvalue weighted by molar-refractivity contribution is 6.30. The van der Waals surface area contributed by atoms with Crippen LogP contribution in [0.4, 0.5) is 5.82 Å². The lowest BCUT2D eigenvalue weighted by atomic mass is 9.87. The third kappa shape index (κ3) is 9.01. The summed E-state index contributed by atoms with van der Waals surface area (Å²) < 4.78 is 0. The average Bonchev–Trinajstić information content (AvgIpc) is 3.65. The van der Waals surface area contributed by atoms with Crippen molar-refractivity contribution < 1.29 is 9.59 Å². The number of aromatic amines is 1. The maximum absolute atomic E-state index is 13.8. The summed E-state index contributed by atoms with van der Waals surface area (Å²) in [7, 11) is 0. The predicted octanol–water partition coefficient (Wildman–Crippen LogP) is 1.92. The Labute approximate surface area is 306 Å². The number of benzene rings is 1. The number of piperidine rings is 2. The first-order valence-corrected chi connectivity index (χ1v) is 19.2. The molecule has 1 atom stereocenters. The summed E-state index contributed by atoms with van der Waals surface area (Å²) in [4.78, 5) is 50.7. The van der Waals surface area contributed by atoms with Gasteiger partial charge in [0.25, 0.3) is 0 Å². The number of anilines is 1. The topological polar surface area (TPSA) is 142 Å². The minimum Gasteiger partial charge on any atom is -0.356 e. The Hall–Kier alpha value is -3.33. The number of nitrogens with zero attached hydrogens (tertiary/aromatic N) is 7. The molecule has 0 bridgehead atoms. The Kier molecular flexibility index (Phi) is 11.7. The van der Waals surface area contributed by atoms with Crippen LogP contribution < -0.4 is 21.3 Å². The third-order valence-corrected chi connectivity index (χ3v) is 11.8. The smallest absolute Gasteiger partial charge is 0.240 e. The summed E-state index contributed by atoms with van der Waals surface area (Å²) in [6.45, 7) is 13.4. The minimum absolute atomic E-state index is 0.125. The molecule has 1 aromatic carbocycles. The maximum atomic E-state index is 13.8. The van der Waals surface area contributed by atoms with Crippen LogP contribution in [0.1, 0.15) is 43.7 Å². The highest BCUT2D eigenvalue weighted by atomic mass is 35.5. The van der Waals surface area contributed by atoms with E-state index < -0.39 is 5.54 Å². The summed E-state index contributed by atoms with van der Waals surface area (Å²) in [6.07, 6.45) is 7.57. The fourth-order valence-electron chi connectivity index (χ4n) is 8.18. The number of nitrogens with two attached hydrogens (primary N) is 1. The normalized spacial score (nSPS) is 21.9. The Bertz CT molecular complexity index is 1590. The van der Waals surface area contributed by atoms with Gasteiger partial charge >= 0.3 is 0 Å². The number of halogens is 1. The molecule has 2 aromatic heterocycles. The molecule has 0 saturated carbocycles. The van der Waals surface area contributed by atoms with Gasteiger partial charge in [-0.3, -0.25) is 19.4 Å². The standard InChI is InChI=1S/C37H54ClN11O2/c38-30-3-1-29(2-4-30)32(44-36(51)37(39)9-17-49(18-10-37)35-31-5-11-41-34(31)42-27-43-35)8-16-45-21-23-48(24-22-45)33(50)26-46-14-6-28(7-15-46)25-47-19-12-40-13-20-47/h1-5,11,27-28,32,40H,6-10,12-26,39H2,(H,44,51)(H,41,42,43)/t32-/m0/s1. The van der Waals surface area contributed by atoms with E-state index in [1.807, 2.05) is 41.4 Å². The molecule has 2 amide bonds. The van der Waals surface area contributed by atoms with Gasteiger partial charge in [-0.2, -0.15) is 0 Å². The van der Waals surface area contributed by atoms with Crippen LogP contribution in [0.2, 0.25) is 5.02 Å². The van der Waals surface area contributed by atoms with Crippen LogP contribution in [-0.2, 0) is 9.59 Å². The van der Waals surface area contributed by atoms with Gasteiger partial charge in [0.1, 0.15) is 17.8 Å². The highest BCUT2D eigenvalue weighted by Gasteiger charge is 2.39. The van der Waals surface area contributed by atoms with Crippen LogP contribution in [0.25, 0.3) is 11.0 Å². The lowest BCUT2D eigenvalue weighted by Gasteiger charge is -2.40. The minimum atomic E-state index is -0.974. The van der Waals surface area contributed by atoms with Crippen molar-refractivity contribution in [2.75, 3.05) is 103 Å². The summed E-state index contributed by atoms with van der Waals surface area (Å²) in [5.74, 6) is 1.73. The maximum Gasteiger partial charge on any atom is 0.240 e. The fourth-order valence-corrected chi connectivity index (χ4v) is 8.31. The summed E-state index contributed by atoms with van der Waals surface area (Å²) >= 11 is 6.23. The first-order valence-electron chi connectivity index (χ1n) is 18.9. The number of carbonyl (C=O) groups excluding carboxylic acids is 2. The van der Waals surface area contributed by atoms with E-state index >= 15 is 0 Å². The second kappa shape index (κ2) is 16.6. The van der Waals surface area contributed by atoms with Crippen molar-refractivity contribution in [3.05, 3.63) is 53.4 Å². The largest absolute Gasteiger partial charge is 0.356 e. The molecule has 4 aliphatic heterocycles. The molecule has 4 aliphatic rings. The van der Waals surface area contributed by atoms with Gasteiger partial charge in [-0.1, -0.05) is 23.7 Å². The summed E-state index contributed by atoms with van der Waals surface area (Å²) in [6, 6.07) is 9.49. The van der Waals surface area contributed by atoms with Gasteiger partial charge in [-0.25, -0.2) is 9.97 Å². The van der Waals surface area contributed by atoms with Gasteiger partial charge in [0, 0.05) is 89.8 Å². The second-order valence-corrected chi connectivity index (χ2v) is 15.4. The second-order valence-electron chi connectivity index (χ2n) is 14.9. The zero-order valence-electron chi connectivity index (χ0n) is 29.7. The number of nitrogens with one attached hydrogen (secondary N) is 3.